The van der Waals surface area contributed by atoms with Gasteiger partial charge in [0, 0.05) is 19.4 Å². The number of carbonyl (C=O) groups excluding carboxylic acids is 2. The average molecular weight is 764 g/mol. The van der Waals surface area contributed by atoms with Crippen LogP contribution in [0.2, 0.25) is 0 Å². The second-order valence-electron chi connectivity index (χ2n) is 13.2. The minimum Gasteiger partial charge on any atom is -0.463 e. The van der Waals surface area contributed by atoms with Gasteiger partial charge in [0.15, 0.2) is 0 Å². The molecular formula is C43H74NO8P. The molecule has 0 saturated heterocycles. The third kappa shape index (κ3) is 40.5. The summed E-state index contributed by atoms with van der Waals surface area (Å²) in [5.41, 5.74) is 0. The van der Waals surface area contributed by atoms with E-state index in [4.69, 9.17) is 13.8 Å². The van der Waals surface area contributed by atoms with Crippen LogP contribution in [0.3, 0.4) is 0 Å². The zero-order chi connectivity index (χ0) is 38.9. The summed E-state index contributed by atoms with van der Waals surface area (Å²) in [6.07, 6.45) is 46.9. The first-order chi connectivity index (χ1) is 25.8. The number of ether oxygens (including phenoxy) is 1. The van der Waals surface area contributed by atoms with E-state index < -0.39 is 26.5 Å². The minimum absolute atomic E-state index is 0.0744. The van der Waals surface area contributed by atoms with E-state index in [0.717, 1.165) is 70.6 Å². The first-order valence-electron chi connectivity index (χ1n) is 20.4. The number of phosphoric ester groups is 1. The highest BCUT2D eigenvalue weighted by molar-refractivity contribution is 7.47. The second-order valence-corrected chi connectivity index (χ2v) is 14.7. The van der Waals surface area contributed by atoms with Crippen LogP contribution in [0.15, 0.2) is 72.9 Å². The molecule has 0 rings (SSSR count). The van der Waals surface area contributed by atoms with Crippen LogP contribution in [0, 0.1) is 0 Å². The van der Waals surface area contributed by atoms with Crippen molar-refractivity contribution in [3.05, 3.63) is 72.9 Å². The van der Waals surface area contributed by atoms with Gasteiger partial charge in [-0.25, -0.2) is 4.57 Å². The molecule has 0 bridgehead atoms. The summed E-state index contributed by atoms with van der Waals surface area (Å²) in [5.74, 6) is -0.566. The Morgan fingerprint density at radius 3 is 1.60 bits per heavy atom. The van der Waals surface area contributed by atoms with Crippen LogP contribution >= 0.6 is 7.82 Å². The van der Waals surface area contributed by atoms with E-state index in [1.807, 2.05) is 0 Å². The summed E-state index contributed by atoms with van der Waals surface area (Å²) in [4.78, 5) is 33.8. The van der Waals surface area contributed by atoms with Crippen molar-refractivity contribution < 1.29 is 37.9 Å². The lowest BCUT2D eigenvalue weighted by Gasteiger charge is -2.15. The number of unbranched alkanes of at least 4 members (excludes halogenated alkanes) is 12. The van der Waals surface area contributed by atoms with Crippen molar-refractivity contribution >= 4 is 19.7 Å². The number of nitrogens with one attached hydrogen (secondary N) is 1. The van der Waals surface area contributed by atoms with Gasteiger partial charge in [-0.15, -0.1) is 0 Å². The molecule has 0 aliphatic heterocycles. The van der Waals surface area contributed by atoms with E-state index in [0.29, 0.717) is 12.8 Å². The van der Waals surface area contributed by atoms with Crippen LogP contribution in [0.25, 0.3) is 0 Å². The van der Waals surface area contributed by atoms with Gasteiger partial charge in [0.25, 0.3) is 0 Å². The maximum Gasteiger partial charge on any atom is 0.472 e. The van der Waals surface area contributed by atoms with Crippen molar-refractivity contribution in [2.45, 2.75) is 161 Å². The first kappa shape index (κ1) is 50.5. The molecule has 0 heterocycles. The number of rotatable bonds is 37. The molecule has 0 fully saturated rings. The molecule has 0 aliphatic rings. The molecule has 3 N–H and O–H groups in total. The van der Waals surface area contributed by atoms with Gasteiger partial charge in [0.1, 0.15) is 12.7 Å². The monoisotopic (exact) mass is 764 g/mol. The maximum atomic E-state index is 12.1. The third-order valence-electron chi connectivity index (χ3n) is 8.15. The van der Waals surface area contributed by atoms with Crippen molar-refractivity contribution in [3.8, 4) is 0 Å². The number of allylic oxidation sites excluding steroid dienone is 12. The molecule has 1 amide bonds. The summed E-state index contributed by atoms with van der Waals surface area (Å²) in [6, 6.07) is 0. The fourth-order valence-electron chi connectivity index (χ4n) is 5.09. The average Bonchev–Trinajstić information content (AvgIpc) is 3.14. The fraction of sp³-hybridized carbons (Fsp3) is 0.674. The maximum absolute atomic E-state index is 12.1. The van der Waals surface area contributed by atoms with Gasteiger partial charge >= 0.3 is 13.8 Å². The van der Waals surface area contributed by atoms with Crippen molar-refractivity contribution in [1.29, 1.82) is 0 Å². The number of hydrogen-bond donors (Lipinski definition) is 3. The van der Waals surface area contributed by atoms with Crippen LogP contribution in [0.5, 0.6) is 0 Å². The Morgan fingerprint density at radius 2 is 1.08 bits per heavy atom. The summed E-state index contributed by atoms with van der Waals surface area (Å²) in [5, 5.41) is 12.7. The number of phosphoric acid groups is 1. The second kappa shape index (κ2) is 39.2. The fourth-order valence-corrected chi connectivity index (χ4v) is 5.84. The molecule has 304 valence electrons. The lowest BCUT2D eigenvalue weighted by Crippen LogP contribution is -2.27. The Bertz CT molecular complexity index is 1100. The number of hydrogen-bond acceptors (Lipinski definition) is 7. The number of carbonyl (C=O) groups is 2. The number of aliphatic hydroxyl groups is 1. The van der Waals surface area contributed by atoms with Crippen LogP contribution in [-0.4, -0.2) is 54.3 Å². The van der Waals surface area contributed by atoms with Crippen molar-refractivity contribution in [1.82, 2.24) is 5.32 Å². The van der Waals surface area contributed by atoms with E-state index in [1.54, 1.807) is 0 Å². The normalized spacial score (nSPS) is 14.1. The molecule has 0 saturated carbocycles. The zero-order valence-electron chi connectivity index (χ0n) is 33.2. The standard InChI is InChI=1S/C43H74NO8P/c1-3-5-7-9-11-13-15-16-17-18-19-20-21-22-23-24-26-28-30-32-34-36-43(47)50-39-41(45)40-52-53(48,49)51-38-37-44-42(46)35-33-31-29-27-25-14-12-10-8-6-4-2/h5,7,11,13,16-17,19-20,22-23,26,28,41,45H,3-4,6,8-10,12,14-15,18,21,24-25,27,29-40H2,1-2H3,(H,44,46)(H,48,49)/b7-5-,13-11-,17-16-,20-19-,23-22-,28-26-. The summed E-state index contributed by atoms with van der Waals surface area (Å²) in [6.45, 7) is 3.36. The molecule has 10 heteroatoms. The van der Waals surface area contributed by atoms with Crippen LogP contribution in [-0.2, 0) is 27.9 Å². The van der Waals surface area contributed by atoms with E-state index in [1.165, 1.54) is 51.4 Å². The molecule has 0 aliphatic carbocycles. The topological polar surface area (TPSA) is 131 Å². The van der Waals surface area contributed by atoms with Gasteiger partial charge in [-0.3, -0.25) is 18.6 Å². The van der Waals surface area contributed by atoms with Gasteiger partial charge in [-0.2, -0.15) is 0 Å². The van der Waals surface area contributed by atoms with Crippen molar-refractivity contribution in [2.75, 3.05) is 26.4 Å². The Balaban J connectivity index is 3.72. The third-order valence-corrected chi connectivity index (χ3v) is 9.14. The molecule has 53 heavy (non-hydrogen) atoms. The van der Waals surface area contributed by atoms with Gasteiger partial charge in [0.05, 0.1) is 13.2 Å². The molecule has 2 unspecified atom stereocenters. The van der Waals surface area contributed by atoms with E-state index in [9.17, 15) is 24.2 Å². The first-order valence-corrected chi connectivity index (χ1v) is 21.9. The van der Waals surface area contributed by atoms with Gasteiger partial charge in [-0.05, 0) is 64.2 Å². The predicted octanol–water partition coefficient (Wildman–Crippen LogP) is 11.1. The highest BCUT2D eigenvalue weighted by Crippen LogP contribution is 2.42. The smallest absolute Gasteiger partial charge is 0.463 e. The van der Waals surface area contributed by atoms with E-state index in [2.05, 4.69) is 92.1 Å². The highest BCUT2D eigenvalue weighted by Gasteiger charge is 2.23. The van der Waals surface area contributed by atoms with Crippen molar-refractivity contribution in [3.63, 3.8) is 0 Å². The molecule has 0 spiro atoms. The van der Waals surface area contributed by atoms with Gasteiger partial charge in [-0.1, -0.05) is 151 Å². The summed E-state index contributed by atoms with van der Waals surface area (Å²) in [7, 11) is -4.42. The van der Waals surface area contributed by atoms with Crippen LogP contribution < -0.4 is 5.32 Å². The quantitative estimate of drug-likeness (QED) is 0.0247. The Hall–Kier alpha value is -2.55. The molecule has 9 nitrogen and oxygen atoms in total. The molecule has 0 radical (unpaired) electrons. The summed E-state index contributed by atoms with van der Waals surface area (Å²) < 4.78 is 26.8. The number of amides is 1. The van der Waals surface area contributed by atoms with E-state index in [-0.39, 0.29) is 32.1 Å². The SMILES string of the molecule is CC/C=C\C/C=C\C/C=C\C/C=C\C/C=C\C/C=C\CCCCC(=O)OCC(O)COP(=O)(O)OCCNC(=O)CCCCCCCCCCCCC. The molecule has 0 aromatic rings. The molecule has 2 atom stereocenters. The van der Waals surface area contributed by atoms with Crippen LogP contribution in [0.4, 0.5) is 0 Å². The predicted molar refractivity (Wildman–Crippen MR) is 219 cm³/mol. The lowest BCUT2D eigenvalue weighted by molar-refractivity contribution is -0.147. The van der Waals surface area contributed by atoms with E-state index >= 15 is 0 Å². The number of aliphatic hydroxyl groups excluding tert-OH is 1. The zero-order valence-corrected chi connectivity index (χ0v) is 34.1. The molecule has 0 aromatic carbocycles. The number of esters is 1. The molecule has 0 aromatic heterocycles. The van der Waals surface area contributed by atoms with Gasteiger partial charge in [0.2, 0.25) is 5.91 Å². The van der Waals surface area contributed by atoms with Crippen molar-refractivity contribution in [2.24, 2.45) is 0 Å². The largest absolute Gasteiger partial charge is 0.472 e. The lowest BCUT2D eigenvalue weighted by atomic mass is 10.1. The minimum atomic E-state index is -4.42. The Morgan fingerprint density at radius 1 is 0.604 bits per heavy atom. The Labute approximate surface area is 322 Å². The molecular weight excluding hydrogens is 689 g/mol. The van der Waals surface area contributed by atoms with Gasteiger partial charge < -0.3 is 20.1 Å². The highest BCUT2D eigenvalue weighted by atomic mass is 31.2. The van der Waals surface area contributed by atoms with Crippen LogP contribution in [0.1, 0.15) is 155 Å². The Kier molecular flexibility index (Phi) is 37.3. The summed E-state index contributed by atoms with van der Waals surface area (Å²) >= 11 is 0.